The Balaban J connectivity index is 1.22. The number of benzene rings is 1. The Kier molecular flexibility index (Phi) is 6.72. The van der Waals surface area contributed by atoms with E-state index in [1.54, 1.807) is 29.7 Å². The van der Waals surface area contributed by atoms with Gasteiger partial charge >= 0.3 is 6.09 Å². The van der Waals surface area contributed by atoms with Gasteiger partial charge in [0.25, 0.3) is 0 Å². The summed E-state index contributed by atoms with van der Waals surface area (Å²) in [5, 5.41) is 10.5. The number of ether oxygens (including phenoxy) is 1. The molecular formula is C27H30N8O2. The van der Waals surface area contributed by atoms with Gasteiger partial charge in [-0.2, -0.15) is 5.10 Å². The Bertz CT molecular complexity index is 1340. The van der Waals surface area contributed by atoms with Crippen LogP contribution in [0.15, 0.2) is 67.3 Å². The van der Waals surface area contributed by atoms with E-state index in [2.05, 4.69) is 42.5 Å². The quantitative estimate of drug-likeness (QED) is 0.406. The zero-order chi connectivity index (χ0) is 25.8. The molecule has 10 nitrogen and oxygen atoms in total. The molecule has 1 aromatic carbocycles. The Hall–Kier alpha value is -4.47. The van der Waals surface area contributed by atoms with Crippen LogP contribution in [0.2, 0.25) is 0 Å². The van der Waals surface area contributed by atoms with Crippen LogP contribution in [0.1, 0.15) is 20.8 Å². The molecule has 2 N–H and O–H groups in total. The van der Waals surface area contributed by atoms with Crippen molar-refractivity contribution in [3.05, 3.63) is 67.3 Å². The van der Waals surface area contributed by atoms with Crippen LogP contribution in [0, 0.1) is 0 Å². The smallest absolute Gasteiger partial charge is 0.410 e. The summed E-state index contributed by atoms with van der Waals surface area (Å²) in [6.45, 7) is 8.41. The van der Waals surface area contributed by atoms with Crippen LogP contribution in [-0.4, -0.2) is 67.9 Å². The summed E-state index contributed by atoms with van der Waals surface area (Å²) in [5.41, 5.74) is 4.92. The van der Waals surface area contributed by atoms with E-state index in [1.807, 2.05) is 51.1 Å². The molecule has 1 saturated heterocycles. The standard InChI is InChI=1S/C27H30N8O2/c1-27(2,3)37-26(36)35-15-13-34(14-16-35)21-8-6-20(7-9-21)31-25-29-12-10-23(32-25)22-18-30-33-24(22)19-5-4-11-28-17-19/h4-12,17-18H,13-16H2,1-3H3,(H,30,33)(H,29,31,32). The monoisotopic (exact) mass is 498 g/mol. The number of anilines is 3. The van der Waals surface area contributed by atoms with E-state index in [4.69, 9.17) is 9.72 Å². The van der Waals surface area contributed by atoms with Gasteiger partial charge in [0.1, 0.15) is 5.60 Å². The number of H-pyrrole nitrogens is 1. The minimum Gasteiger partial charge on any atom is -0.444 e. The van der Waals surface area contributed by atoms with E-state index in [0.717, 1.165) is 47.0 Å². The van der Waals surface area contributed by atoms with E-state index in [-0.39, 0.29) is 6.09 Å². The number of nitrogens with one attached hydrogen (secondary N) is 2. The first kappa shape index (κ1) is 24.2. The lowest BCUT2D eigenvalue weighted by atomic mass is 10.1. The molecule has 4 heterocycles. The van der Waals surface area contributed by atoms with Crippen molar-refractivity contribution >= 4 is 23.4 Å². The topological polar surface area (TPSA) is 112 Å². The van der Waals surface area contributed by atoms with E-state index < -0.39 is 5.60 Å². The second-order valence-corrected chi connectivity index (χ2v) is 9.79. The first-order valence-electron chi connectivity index (χ1n) is 12.2. The van der Waals surface area contributed by atoms with Crippen LogP contribution in [-0.2, 0) is 4.74 Å². The van der Waals surface area contributed by atoms with Crippen molar-refractivity contribution < 1.29 is 9.53 Å². The number of aromatic amines is 1. The summed E-state index contributed by atoms with van der Waals surface area (Å²) in [4.78, 5) is 29.6. The molecule has 4 aromatic rings. The third-order valence-electron chi connectivity index (χ3n) is 5.94. The Labute approximate surface area is 215 Å². The molecule has 0 spiro atoms. The van der Waals surface area contributed by atoms with Crippen molar-refractivity contribution in [2.45, 2.75) is 26.4 Å². The summed E-state index contributed by atoms with van der Waals surface area (Å²) in [7, 11) is 0. The highest BCUT2D eigenvalue weighted by molar-refractivity contribution is 5.78. The number of pyridine rings is 1. The molecule has 0 bridgehead atoms. The molecule has 10 heteroatoms. The zero-order valence-corrected chi connectivity index (χ0v) is 21.2. The summed E-state index contributed by atoms with van der Waals surface area (Å²) in [5.74, 6) is 0.495. The van der Waals surface area contributed by atoms with Crippen molar-refractivity contribution in [3.8, 4) is 22.5 Å². The summed E-state index contributed by atoms with van der Waals surface area (Å²) in [6.07, 6.45) is 6.75. The van der Waals surface area contributed by atoms with Gasteiger partial charge in [0.05, 0.1) is 17.6 Å². The molecule has 0 atom stereocenters. The van der Waals surface area contributed by atoms with Gasteiger partial charge in [-0.15, -0.1) is 0 Å². The largest absolute Gasteiger partial charge is 0.444 e. The van der Waals surface area contributed by atoms with Gasteiger partial charge in [0.2, 0.25) is 5.95 Å². The van der Waals surface area contributed by atoms with Gasteiger partial charge in [0.15, 0.2) is 0 Å². The number of nitrogens with zero attached hydrogens (tertiary/aromatic N) is 6. The summed E-state index contributed by atoms with van der Waals surface area (Å²) < 4.78 is 5.49. The number of aromatic nitrogens is 5. The molecule has 0 saturated carbocycles. The zero-order valence-electron chi connectivity index (χ0n) is 21.2. The molecule has 0 unspecified atom stereocenters. The molecule has 0 radical (unpaired) electrons. The fourth-order valence-corrected chi connectivity index (χ4v) is 4.14. The number of carbonyl (C=O) groups is 1. The van der Waals surface area contributed by atoms with Gasteiger partial charge in [-0.1, -0.05) is 0 Å². The molecule has 0 aliphatic carbocycles. The average Bonchev–Trinajstić information content (AvgIpc) is 3.39. The molecular weight excluding hydrogens is 468 g/mol. The molecule has 37 heavy (non-hydrogen) atoms. The van der Waals surface area contributed by atoms with Crippen LogP contribution in [0.25, 0.3) is 22.5 Å². The van der Waals surface area contributed by atoms with E-state index >= 15 is 0 Å². The molecule has 190 valence electrons. The van der Waals surface area contributed by atoms with Crippen molar-refractivity contribution in [3.63, 3.8) is 0 Å². The molecule has 5 rings (SSSR count). The molecule has 1 aliphatic heterocycles. The normalized spacial score (nSPS) is 13.9. The van der Waals surface area contributed by atoms with Crippen LogP contribution >= 0.6 is 0 Å². The number of carbonyl (C=O) groups excluding carboxylic acids is 1. The maximum atomic E-state index is 12.3. The number of hydrogen-bond acceptors (Lipinski definition) is 8. The van der Waals surface area contributed by atoms with E-state index in [0.29, 0.717) is 19.0 Å². The highest BCUT2D eigenvalue weighted by Crippen LogP contribution is 2.29. The second kappa shape index (κ2) is 10.3. The third-order valence-corrected chi connectivity index (χ3v) is 5.94. The van der Waals surface area contributed by atoms with Crippen molar-refractivity contribution in [1.29, 1.82) is 0 Å². The lowest BCUT2D eigenvalue weighted by Gasteiger charge is -2.36. The van der Waals surface area contributed by atoms with Gasteiger partial charge in [-0.3, -0.25) is 10.1 Å². The fraction of sp³-hybridized carbons (Fsp3) is 0.296. The number of hydrogen-bond donors (Lipinski definition) is 2. The predicted molar refractivity (Wildman–Crippen MR) is 143 cm³/mol. The molecule has 3 aromatic heterocycles. The Morgan fingerprint density at radius 3 is 2.49 bits per heavy atom. The third kappa shape index (κ3) is 5.85. The highest BCUT2D eigenvalue weighted by Gasteiger charge is 2.26. The van der Waals surface area contributed by atoms with Crippen LogP contribution < -0.4 is 10.2 Å². The predicted octanol–water partition coefficient (Wildman–Crippen LogP) is 4.73. The summed E-state index contributed by atoms with van der Waals surface area (Å²) >= 11 is 0. The molecule has 1 fully saturated rings. The van der Waals surface area contributed by atoms with Gasteiger partial charge in [-0.25, -0.2) is 14.8 Å². The van der Waals surface area contributed by atoms with E-state index in [9.17, 15) is 4.79 Å². The van der Waals surface area contributed by atoms with Crippen molar-refractivity contribution in [1.82, 2.24) is 30.0 Å². The average molecular weight is 499 g/mol. The maximum Gasteiger partial charge on any atom is 0.410 e. The minimum absolute atomic E-state index is 0.253. The lowest BCUT2D eigenvalue weighted by molar-refractivity contribution is 0.0240. The highest BCUT2D eigenvalue weighted by atomic mass is 16.6. The summed E-state index contributed by atoms with van der Waals surface area (Å²) in [6, 6.07) is 13.9. The lowest BCUT2D eigenvalue weighted by Crippen LogP contribution is -2.50. The van der Waals surface area contributed by atoms with Gasteiger partial charge in [0, 0.05) is 67.3 Å². The van der Waals surface area contributed by atoms with Crippen LogP contribution in [0.3, 0.4) is 0 Å². The van der Waals surface area contributed by atoms with E-state index in [1.165, 1.54) is 0 Å². The number of rotatable bonds is 5. The Morgan fingerprint density at radius 1 is 1.00 bits per heavy atom. The first-order valence-corrected chi connectivity index (χ1v) is 12.2. The number of piperazine rings is 1. The SMILES string of the molecule is CC(C)(C)OC(=O)N1CCN(c2ccc(Nc3nccc(-c4cn[nH]c4-c4cccnc4)n3)cc2)CC1. The fourth-order valence-electron chi connectivity index (χ4n) is 4.14. The van der Waals surface area contributed by atoms with Crippen LogP contribution in [0.4, 0.5) is 22.1 Å². The minimum atomic E-state index is -0.486. The van der Waals surface area contributed by atoms with Gasteiger partial charge in [-0.05, 0) is 63.2 Å². The second-order valence-electron chi connectivity index (χ2n) is 9.79. The number of amides is 1. The molecule has 1 amide bonds. The first-order chi connectivity index (χ1) is 17.9. The Morgan fingerprint density at radius 2 is 1.78 bits per heavy atom. The van der Waals surface area contributed by atoms with Crippen molar-refractivity contribution in [2.75, 3.05) is 36.4 Å². The van der Waals surface area contributed by atoms with Gasteiger partial charge < -0.3 is 19.9 Å². The van der Waals surface area contributed by atoms with Crippen LogP contribution in [0.5, 0.6) is 0 Å². The van der Waals surface area contributed by atoms with Crippen molar-refractivity contribution in [2.24, 2.45) is 0 Å². The maximum absolute atomic E-state index is 12.3. The molecule has 1 aliphatic rings.